The number of alkyl halides is 2. The van der Waals surface area contributed by atoms with Crippen LogP contribution in [-0.2, 0) is 10.7 Å². The molecule has 0 spiro atoms. The van der Waals surface area contributed by atoms with Crippen molar-refractivity contribution in [1.82, 2.24) is 4.57 Å². The Morgan fingerprint density at radius 2 is 1.89 bits per heavy atom. The summed E-state index contributed by atoms with van der Waals surface area (Å²) in [6, 6.07) is 7.08. The summed E-state index contributed by atoms with van der Waals surface area (Å²) in [6.45, 7) is 0. The average Bonchev–Trinajstić information content (AvgIpc) is 2.56. The van der Waals surface area contributed by atoms with Crippen LogP contribution in [0.25, 0.3) is 10.9 Å². The van der Waals surface area contributed by atoms with Crippen molar-refractivity contribution in [2.24, 2.45) is 7.05 Å². The SMILES string of the molecule is Cn1c2c(c(=O)c3ccccc31)C(=O)SC2(Cl)Cl. The Morgan fingerprint density at radius 3 is 2.61 bits per heavy atom. The molecule has 0 atom stereocenters. The van der Waals surface area contributed by atoms with Crippen LogP contribution < -0.4 is 5.43 Å². The molecule has 0 saturated carbocycles. The maximum Gasteiger partial charge on any atom is 0.228 e. The molecule has 1 aromatic heterocycles. The quantitative estimate of drug-likeness (QED) is 0.702. The second-order valence-electron chi connectivity index (χ2n) is 4.04. The first-order valence-electron chi connectivity index (χ1n) is 5.17. The number of rotatable bonds is 0. The molecule has 2 heterocycles. The molecule has 0 radical (unpaired) electrons. The van der Waals surface area contributed by atoms with Crippen molar-refractivity contribution in [3.63, 3.8) is 0 Å². The molecule has 1 aromatic carbocycles. The van der Waals surface area contributed by atoms with Crippen molar-refractivity contribution in [2.75, 3.05) is 0 Å². The van der Waals surface area contributed by atoms with Crippen LogP contribution in [-0.4, -0.2) is 9.68 Å². The van der Waals surface area contributed by atoms with Crippen molar-refractivity contribution in [3.05, 3.63) is 45.7 Å². The highest BCUT2D eigenvalue weighted by Gasteiger charge is 2.45. The molecular formula is C12H7Cl2NO2S. The Morgan fingerprint density at radius 1 is 1.22 bits per heavy atom. The largest absolute Gasteiger partial charge is 0.343 e. The number of hydrogen-bond acceptors (Lipinski definition) is 3. The minimum atomic E-state index is -1.40. The lowest BCUT2D eigenvalue weighted by atomic mass is 10.1. The summed E-state index contributed by atoms with van der Waals surface area (Å²) in [6.07, 6.45) is 0. The molecule has 0 aliphatic carbocycles. The Bertz CT molecular complexity index is 752. The van der Waals surface area contributed by atoms with Gasteiger partial charge in [-0.3, -0.25) is 9.59 Å². The fourth-order valence-corrected chi connectivity index (χ4v) is 3.96. The van der Waals surface area contributed by atoms with Gasteiger partial charge in [0.2, 0.25) is 14.2 Å². The highest BCUT2D eigenvalue weighted by atomic mass is 35.5. The lowest BCUT2D eigenvalue weighted by Crippen LogP contribution is -2.20. The Balaban J connectivity index is 2.59. The third-order valence-corrected chi connectivity index (χ3v) is 4.67. The summed E-state index contributed by atoms with van der Waals surface area (Å²) in [5, 5.41) is 0.125. The van der Waals surface area contributed by atoms with Gasteiger partial charge in [-0.25, -0.2) is 0 Å². The van der Waals surface area contributed by atoms with Gasteiger partial charge in [-0.15, -0.1) is 0 Å². The zero-order valence-electron chi connectivity index (χ0n) is 9.24. The van der Waals surface area contributed by atoms with Crippen LogP contribution in [0.2, 0.25) is 0 Å². The van der Waals surface area contributed by atoms with Gasteiger partial charge in [0.05, 0.1) is 11.2 Å². The number of nitrogens with zero attached hydrogens (tertiary/aromatic N) is 1. The highest BCUT2D eigenvalue weighted by Crippen LogP contribution is 2.52. The van der Waals surface area contributed by atoms with Crippen LogP contribution in [0.3, 0.4) is 0 Å². The van der Waals surface area contributed by atoms with Crippen LogP contribution >= 0.6 is 35.0 Å². The predicted octanol–water partition coefficient (Wildman–Crippen LogP) is 3.01. The van der Waals surface area contributed by atoms with Crippen LogP contribution in [0.5, 0.6) is 0 Å². The second-order valence-corrected chi connectivity index (χ2v) is 7.00. The Hall–Kier alpha value is -0.970. The number of fused-ring (bicyclic) bond motifs is 2. The van der Waals surface area contributed by atoms with Gasteiger partial charge in [-0.2, -0.15) is 0 Å². The zero-order valence-corrected chi connectivity index (χ0v) is 11.6. The van der Waals surface area contributed by atoms with Gasteiger partial charge in [0.25, 0.3) is 0 Å². The number of pyridine rings is 1. The van der Waals surface area contributed by atoms with Gasteiger partial charge in [-0.05, 0) is 23.9 Å². The van der Waals surface area contributed by atoms with E-state index in [2.05, 4.69) is 0 Å². The van der Waals surface area contributed by atoms with Crippen molar-refractivity contribution >= 4 is 51.0 Å². The smallest absolute Gasteiger partial charge is 0.228 e. The monoisotopic (exact) mass is 299 g/mol. The van der Waals surface area contributed by atoms with E-state index in [1.807, 2.05) is 6.07 Å². The van der Waals surface area contributed by atoms with E-state index in [1.165, 1.54) is 0 Å². The standard InChI is InChI=1S/C12H7Cl2NO2S/c1-15-7-5-3-2-4-6(7)9(16)8-10(15)12(13,14)18-11(8)17/h2-5H,1H3. The lowest BCUT2D eigenvalue weighted by molar-refractivity contribution is 0.109. The topological polar surface area (TPSA) is 39.1 Å². The molecule has 1 aliphatic rings. The molecule has 0 unspecified atom stereocenters. The van der Waals surface area contributed by atoms with Gasteiger partial charge >= 0.3 is 0 Å². The fraction of sp³-hybridized carbons (Fsp3) is 0.167. The molecule has 0 fully saturated rings. The molecule has 0 N–H and O–H groups in total. The molecule has 6 heteroatoms. The number of carbonyl (C=O) groups excluding carboxylic acids is 1. The van der Waals surface area contributed by atoms with Gasteiger partial charge in [0.1, 0.15) is 5.56 Å². The summed E-state index contributed by atoms with van der Waals surface area (Å²) in [7, 11) is 1.75. The number of para-hydroxylation sites is 1. The molecule has 18 heavy (non-hydrogen) atoms. The molecule has 3 rings (SSSR count). The number of benzene rings is 1. The van der Waals surface area contributed by atoms with E-state index in [0.717, 1.165) is 11.8 Å². The summed E-state index contributed by atoms with van der Waals surface area (Å²) in [4.78, 5) is 24.2. The minimum absolute atomic E-state index is 0.0891. The van der Waals surface area contributed by atoms with Crippen LogP contribution in [0.4, 0.5) is 0 Å². The molecule has 2 aromatic rings. The highest BCUT2D eigenvalue weighted by molar-refractivity contribution is 8.17. The Kier molecular flexibility index (Phi) is 2.52. The fourth-order valence-electron chi connectivity index (χ4n) is 2.23. The van der Waals surface area contributed by atoms with Gasteiger partial charge in [0, 0.05) is 12.4 Å². The summed E-state index contributed by atoms with van der Waals surface area (Å²) < 4.78 is 0.314. The summed E-state index contributed by atoms with van der Waals surface area (Å²) >= 11 is 13.0. The van der Waals surface area contributed by atoms with E-state index in [-0.39, 0.29) is 16.1 Å². The van der Waals surface area contributed by atoms with E-state index in [1.54, 1.807) is 29.8 Å². The first-order chi connectivity index (χ1) is 8.43. The van der Waals surface area contributed by atoms with Crippen molar-refractivity contribution < 1.29 is 4.79 Å². The zero-order chi connectivity index (χ0) is 13.1. The number of halogens is 2. The van der Waals surface area contributed by atoms with Crippen molar-refractivity contribution in [2.45, 2.75) is 3.67 Å². The molecule has 0 bridgehead atoms. The first kappa shape index (κ1) is 12.1. The maximum atomic E-state index is 12.3. The lowest BCUT2D eigenvalue weighted by Gasteiger charge is -2.17. The average molecular weight is 300 g/mol. The first-order valence-corrected chi connectivity index (χ1v) is 6.74. The number of thioether (sulfide) groups is 1. The number of hydrogen-bond donors (Lipinski definition) is 0. The summed E-state index contributed by atoms with van der Waals surface area (Å²) in [5.74, 6) is 0. The molecule has 3 nitrogen and oxygen atoms in total. The third-order valence-electron chi connectivity index (χ3n) is 3.01. The molecule has 92 valence electrons. The third kappa shape index (κ3) is 1.46. The second kappa shape index (κ2) is 3.76. The number of aromatic nitrogens is 1. The molecule has 0 saturated heterocycles. The van der Waals surface area contributed by atoms with E-state index < -0.39 is 3.67 Å². The normalized spacial score (nSPS) is 17.2. The predicted molar refractivity (Wildman–Crippen MR) is 74.5 cm³/mol. The molecule has 0 amide bonds. The van der Waals surface area contributed by atoms with E-state index in [9.17, 15) is 9.59 Å². The van der Waals surface area contributed by atoms with Crippen LogP contribution in [0.15, 0.2) is 29.1 Å². The van der Waals surface area contributed by atoms with Gasteiger partial charge in [-0.1, -0.05) is 35.3 Å². The Labute approximate surface area is 117 Å². The van der Waals surface area contributed by atoms with E-state index in [4.69, 9.17) is 23.2 Å². The van der Waals surface area contributed by atoms with Crippen molar-refractivity contribution in [3.8, 4) is 0 Å². The van der Waals surface area contributed by atoms with Crippen LogP contribution in [0, 0.1) is 0 Å². The van der Waals surface area contributed by atoms with E-state index in [0.29, 0.717) is 16.6 Å². The molecular weight excluding hydrogens is 293 g/mol. The number of carbonyl (C=O) groups is 1. The van der Waals surface area contributed by atoms with Crippen LogP contribution in [0.1, 0.15) is 16.1 Å². The molecule has 1 aliphatic heterocycles. The minimum Gasteiger partial charge on any atom is -0.343 e. The van der Waals surface area contributed by atoms with E-state index >= 15 is 0 Å². The van der Waals surface area contributed by atoms with Gasteiger partial charge in [0.15, 0.2) is 0 Å². The van der Waals surface area contributed by atoms with Crippen molar-refractivity contribution in [1.29, 1.82) is 0 Å². The summed E-state index contributed by atoms with van der Waals surface area (Å²) in [5.41, 5.74) is 0.859. The van der Waals surface area contributed by atoms with Gasteiger partial charge < -0.3 is 4.57 Å². The number of aryl methyl sites for hydroxylation is 1. The maximum absolute atomic E-state index is 12.3.